The molecule has 2 rings (SSSR count). The fourth-order valence-corrected chi connectivity index (χ4v) is 2.36. The third kappa shape index (κ3) is 3.49. The monoisotopic (exact) mass is 235 g/mol. The molecule has 4 heteroatoms. The molecule has 1 unspecified atom stereocenters. The van der Waals surface area contributed by atoms with Gasteiger partial charge in [0.15, 0.2) is 0 Å². The summed E-state index contributed by atoms with van der Waals surface area (Å²) in [4.78, 5) is 8.84. The molecule has 1 N–H and O–H groups in total. The lowest BCUT2D eigenvalue weighted by molar-refractivity contribution is 0.0743. The Morgan fingerprint density at radius 3 is 2.82 bits per heavy atom. The third-order valence-electron chi connectivity index (χ3n) is 3.48. The molecule has 94 valence electrons. The van der Waals surface area contributed by atoms with E-state index in [-0.39, 0.29) is 6.61 Å². The van der Waals surface area contributed by atoms with Gasteiger partial charge in [0.1, 0.15) is 0 Å². The van der Waals surface area contributed by atoms with Crippen LogP contribution in [-0.2, 0) is 6.54 Å². The van der Waals surface area contributed by atoms with Crippen LogP contribution in [0.3, 0.4) is 0 Å². The Morgan fingerprint density at radius 1 is 1.35 bits per heavy atom. The second-order valence-corrected chi connectivity index (χ2v) is 4.74. The first-order valence-electron chi connectivity index (χ1n) is 6.22. The lowest BCUT2D eigenvalue weighted by atomic mass is 10.1. The molecule has 1 fully saturated rings. The van der Waals surface area contributed by atoms with E-state index in [4.69, 9.17) is 5.11 Å². The van der Waals surface area contributed by atoms with Crippen molar-refractivity contribution in [2.75, 3.05) is 33.3 Å². The van der Waals surface area contributed by atoms with Gasteiger partial charge in [-0.2, -0.15) is 0 Å². The highest BCUT2D eigenvalue weighted by molar-refractivity contribution is 5.09. The van der Waals surface area contributed by atoms with E-state index >= 15 is 0 Å². The Balaban J connectivity index is 1.90. The third-order valence-corrected chi connectivity index (χ3v) is 3.48. The molecule has 1 aromatic heterocycles. The molecule has 0 saturated carbocycles. The number of piperazine rings is 1. The van der Waals surface area contributed by atoms with Gasteiger partial charge in [0, 0.05) is 51.2 Å². The number of nitrogens with zero attached hydrogens (tertiary/aromatic N) is 3. The summed E-state index contributed by atoms with van der Waals surface area (Å²) in [5, 5.41) is 9.06. The number of aliphatic hydroxyl groups is 1. The lowest BCUT2D eigenvalue weighted by Gasteiger charge is -2.39. The summed E-state index contributed by atoms with van der Waals surface area (Å²) in [5.41, 5.74) is 1.31. The number of likely N-dealkylation sites (N-methyl/N-ethyl adjacent to an activating group) is 1. The van der Waals surface area contributed by atoms with Gasteiger partial charge in [-0.1, -0.05) is 0 Å². The molecular weight excluding hydrogens is 214 g/mol. The molecule has 1 saturated heterocycles. The molecule has 1 aliphatic rings. The van der Waals surface area contributed by atoms with Gasteiger partial charge in [-0.25, -0.2) is 0 Å². The summed E-state index contributed by atoms with van der Waals surface area (Å²) in [6, 6.07) is 4.62. The molecule has 1 aliphatic heterocycles. The highest BCUT2D eigenvalue weighted by atomic mass is 16.3. The molecule has 0 spiro atoms. The van der Waals surface area contributed by atoms with E-state index in [2.05, 4.69) is 34.0 Å². The Bertz CT molecular complexity index is 331. The van der Waals surface area contributed by atoms with Crippen LogP contribution in [0.15, 0.2) is 24.5 Å². The fraction of sp³-hybridized carbons (Fsp3) is 0.615. The van der Waals surface area contributed by atoms with Gasteiger partial charge in [0.2, 0.25) is 0 Å². The van der Waals surface area contributed by atoms with E-state index in [1.807, 2.05) is 12.4 Å². The Hall–Kier alpha value is -0.970. The number of pyridine rings is 1. The van der Waals surface area contributed by atoms with Crippen LogP contribution >= 0.6 is 0 Å². The van der Waals surface area contributed by atoms with Crippen LogP contribution in [0.5, 0.6) is 0 Å². The zero-order chi connectivity index (χ0) is 12.1. The first-order valence-corrected chi connectivity index (χ1v) is 6.22. The maximum atomic E-state index is 9.06. The molecule has 2 heterocycles. The fourth-order valence-electron chi connectivity index (χ4n) is 2.36. The van der Waals surface area contributed by atoms with Crippen molar-refractivity contribution in [1.29, 1.82) is 0 Å². The van der Waals surface area contributed by atoms with E-state index in [0.29, 0.717) is 6.04 Å². The predicted molar refractivity (Wildman–Crippen MR) is 67.6 cm³/mol. The van der Waals surface area contributed by atoms with Crippen LogP contribution in [0.2, 0.25) is 0 Å². The number of hydrogen-bond acceptors (Lipinski definition) is 4. The molecular formula is C13H21N3O. The summed E-state index contributed by atoms with van der Waals surface area (Å²) >= 11 is 0. The molecule has 4 nitrogen and oxygen atoms in total. The topological polar surface area (TPSA) is 39.6 Å². The van der Waals surface area contributed by atoms with Gasteiger partial charge in [0.25, 0.3) is 0 Å². The molecule has 0 aromatic carbocycles. The van der Waals surface area contributed by atoms with Crippen molar-refractivity contribution in [3.63, 3.8) is 0 Å². The molecule has 1 atom stereocenters. The largest absolute Gasteiger partial charge is 0.396 e. The Kier molecular flexibility index (Phi) is 4.48. The number of aromatic nitrogens is 1. The van der Waals surface area contributed by atoms with Crippen molar-refractivity contribution in [3.8, 4) is 0 Å². The maximum absolute atomic E-state index is 9.06. The van der Waals surface area contributed by atoms with E-state index in [1.54, 1.807) is 0 Å². The maximum Gasteiger partial charge on any atom is 0.0446 e. The van der Waals surface area contributed by atoms with Gasteiger partial charge >= 0.3 is 0 Å². The Morgan fingerprint density at radius 2 is 2.12 bits per heavy atom. The first-order chi connectivity index (χ1) is 8.29. The normalized spacial score (nSPS) is 22.8. The van der Waals surface area contributed by atoms with Crippen molar-refractivity contribution in [1.82, 2.24) is 14.8 Å². The van der Waals surface area contributed by atoms with Crippen molar-refractivity contribution in [2.45, 2.75) is 19.0 Å². The molecule has 17 heavy (non-hydrogen) atoms. The van der Waals surface area contributed by atoms with Gasteiger partial charge in [-0.05, 0) is 31.2 Å². The van der Waals surface area contributed by atoms with E-state index < -0.39 is 0 Å². The van der Waals surface area contributed by atoms with Crippen LogP contribution < -0.4 is 0 Å². The van der Waals surface area contributed by atoms with Gasteiger partial charge in [0.05, 0.1) is 0 Å². The van der Waals surface area contributed by atoms with Crippen LogP contribution in [0, 0.1) is 0 Å². The summed E-state index contributed by atoms with van der Waals surface area (Å²) < 4.78 is 0. The molecule has 1 aromatic rings. The van der Waals surface area contributed by atoms with E-state index in [9.17, 15) is 0 Å². The van der Waals surface area contributed by atoms with Gasteiger partial charge in [-0.15, -0.1) is 0 Å². The first kappa shape index (κ1) is 12.5. The minimum Gasteiger partial charge on any atom is -0.396 e. The number of hydrogen-bond donors (Lipinski definition) is 1. The van der Waals surface area contributed by atoms with Crippen molar-refractivity contribution in [2.24, 2.45) is 0 Å². The van der Waals surface area contributed by atoms with Gasteiger partial charge in [-0.3, -0.25) is 9.88 Å². The summed E-state index contributed by atoms with van der Waals surface area (Å²) in [6.45, 7) is 4.48. The molecule has 0 radical (unpaired) electrons. The van der Waals surface area contributed by atoms with Crippen LogP contribution in [0.25, 0.3) is 0 Å². The van der Waals surface area contributed by atoms with E-state index in [0.717, 1.165) is 32.6 Å². The van der Waals surface area contributed by atoms with Crippen molar-refractivity contribution < 1.29 is 5.11 Å². The summed E-state index contributed by atoms with van der Waals surface area (Å²) in [6.07, 6.45) is 4.55. The van der Waals surface area contributed by atoms with Crippen molar-refractivity contribution >= 4 is 0 Å². The van der Waals surface area contributed by atoms with Crippen LogP contribution in [-0.4, -0.2) is 59.2 Å². The predicted octanol–water partition coefficient (Wildman–Crippen LogP) is 0.580. The molecule has 0 aliphatic carbocycles. The Labute approximate surface area is 103 Å². The second-order valence-electron chi connectivity index (χ2n) is 4.74. The molecule has 0 amide bonds. The zero-order valence-electron chi connectivity index (χ0n) is 10.4. The lowest BCUT2D eigenvalue weighted by Crippen LogP contribution is -2.51. The number of aliphatic hydroxyl groups excluding tert-OH is 1. The number of rotatable bonds is 4. The highest BCUT2D eigenvalue weighted by Gasteiger charge is 2.23. The average Bonchev–Trinajstić information content (AvgIpc) is 2.35. The van der Waals surface area contributed by atoms with Gasteiger partial charge < -0.3 is 10.0 Å². The minimum atomic E-state index is 0.276. The van der Waals surface area contributed by atoms with E-state index in [1.165, 1.54) is 5.56 Å². The SMILES string of the molecule is CN1CCN(Cc2ccncc2)CC1CCO. The van der Waals surface area contributed by atoms with Crippen LogP contribution in [0.1, 0.15) is 12.0 Å². The molecule has 0 bridgehead atoms. The summed E-state index contributed by atoms with van der Waals surface area (Å²) in [7, 11) is 2.14. The zero-order valence-corrected chi connectivity index (χ0v) is 10.4. The standard InChI is InChI=1S/C13H21N3O/c1-15-7-8-16(11-13(15)4-9-17)10-12-2-5-14-6-3-12/h2-3,5-6,13,17H,4,7-11H2,1H3. The second kappa shape index (κ2) is 6.10. The van der Waals surface area contributed by atoms with Crippen LogP contribution in [0.4, 0.5) is 0 Å². The average molecular weight is 235 g/mol. The smallest absolute Gasteiger partial charge is 0.0446 e. The van der Waals surface area contributed by atoms with Crippen molar-refractivity contribution in [3.05, 3.63) is 30.1 Å². The quantitative estimate of drug-likeness (QED) is 0.828. The highest BCUT2D eigenvalue weighted by Crippen LogP contribution is 2.13. The minimum absolute atomic E-state index is 0.276. The summed E-state index contributed by atoms with van der Waals surface area (Å²) in [5.74, 6) is 0.